The number of aryl methyl sites for hydroxylation is 1. The molecule has 0 spiro atoms. The van der Waals surface area contributed by atoms with E-state index < -0.39 is 0 Å². The third kappa shape index (κ3) is 2.34. The van der Waals surface area contributed by atoms with Gasteiger partial charge in [-0.1, -0.05) is 24.3 Å². The molecule has 0 heterocycles. The molecule has 0 radical (unpaired) electrons. The fourth-order valence-corrected chi connectivity index (χ4v) is 2.00. The van der Waals surface area contributed by atoms with Crippen molar-refractivity contribution in [1.82, 2.24) is 0 Å². The van der Waals surface area contributed by atoms with Crippen molar-refractivity contribution in [2.75, 3.05) is 6.54 Å². The molecule has 0 aliphatic heterocycles. The highest BCUT2D eigenvalue weighted by Gasteiger charge is 2.01. The first-order chi connectivity index (χ1) is 7.81. The molecule has 0 saturated heterocycles. The molecule has 16 heavy (non-hydrogen) atoms. The van der Waals surface area contributed by atoms with Crippen LogP contribution in [-0.4, -0.2) is 11.7 Å². The first kappa shape index (κ1) is 11.0. The quantitative estimate of drug-likeness (QED) is 0.770. The molecule has 2 aromatic carbocycles. The number of phenolic OH excluding ortho intramolecular Hbond substituents is 1. The zero-order valence-corrected chi connectivity index (χ0v) is 9.32. The van der Waals surface area contributed by atoms with Gasteiger partial charge in [-0.25, -0.2) is 0 Å². The summed E-state index contributed by atoms with van der Waals surface area (Å²) in [6.07, 6.45) is 3.18. The topological polar surface area (TPSA) is 46.2 Å². The number of unbranched alkanes of at least 4 members (excludes halogenated alkanes) is 1. The Hall–Kier alpha value is -1.54. The lowest BCUT2D eigenvalue weighted by molar-refractivity contribution is 0.476. The highest BCUT2D eigenvalue weighted by molar-refractivity contribution is 5.86. The van der Waals surface area contributed by atoms with Gasteiger partial charge in [-0.15, -0.1) is 0 Å². The summed E-state index contributed by atoms with van der Waals surface area (Å²) in [7, 11) is 0. The summed E-state index contributed by atoms with van der Waals surface area (Å²) in [5.74, 6) is 0.332. The van der Waals surface area contributed by atoms with Crippen LogP contribution in [0.15, 0.2) is 36.4 Å². The van der Waals surface area contributed by atoms with Crippen molar-refractivity contribution in [2.45, 2.75) is 19.3 Å². The summed E-state index contributed by atoms with van der Waals surface area (Å²) in [6, 6.07) is 11.8. The van der Waals surface area contributed by atoms with E-state index in [0.717, 1.165) is 31.2 Å². The van der Waals surface area contributed by atoms with Crippen molar-refractivity contribution in [3.63, 3.8) is 0 Å². The van der Waals surface area contributed by atoms with Crippen molar-refractivity contribution < 1.29 is 5.11 Å². The largest absolute Gasteiger partial charge is 0.508 e. The zero-order valence-electron chi connectivity index (χ0n) is 9.32. The molecular weight excluding hydrogens is 198 g/mol. The average molecular weight is 215 g/mol. The first-order valence-electron chi connectivity index (χ1n) is 5.72. The van der Waals surface area contributed by atoms with E-state index >= 15 is 0 Å². The van der Waals surface area contributed by atoms with Crippen LogP contribution in [0.4, 0.5) is 0 Å². The van der Waals surface area contributed by atoms with Crippen molar-refractivity contribution in [3.05, 3.63) is 42.0 Å². The van der Waals surface area contributed by atoms with Gasteiger partial charge in [0.1, 0.15) is 5.75 Å². The van der Waals surface area contributed by atoms with E-state index in [0.29, 0.717) is 5.75 Å². The highest BCUT2D eigenvalue weighted by atomic mass is 16.3. The number of benzene rings is 2. The lowest BCUT2D eigenvalue weighted by Crippen LogP contribution is -1.99. The van der Waals surface area contributed by atoms with Gasteiger partial charge in [0.2, 0.25) is 0 Å². The van der Waals surface area contributed by atoms with E-state index in [4.69, 9.17) is 5.73 Å². The van der Waals surface area contributed by atoms with Crippen LogP contribution in [0.2, 0.25) is 0 Å². The van der Waals surface area contributed by atoms with Crippen LogP contribution >= 0.6 is 0 Å². The normalized spacial score (nSPS) is 10.8. The smallest absolute Gasteiger partial charge is 0.116 e. The van der Waals surface area contributed by atoms with E-state index in [1.165, 1.54) is 10.9 Å². The number of fused-ring (bicyclic) bond motifs is 1. The Bertz CT molecular complexity index is 479. The molecule has 3 N–H and O–H groups in total. The van der Waals surface area contributed by atoms with Crippen LogP contribution in [0.3, 0.4) is 0 Å². The van der Waals surface area contributed by atoms with Gasteiger partial charge in [-0.2, -0.15) is 0 Å². The minimum absolute atomic E-state index is 0.332. The number of hydrogen-bond acceptors (Lipinski definition) is 2. The number of hydrogen-bond donors (Lipinski definition) is 2. The Labute approximate surface area is 95.7 Å². The van der Waals surface area contributed by atoms with E-state index in [2.05, 4.69) is 18.2 Å². The van der Waals surface area contributed by atoms with Crippen molar-refractivity contribution >= 4 is 10.8 Å². The van der Waals surface area contributed by atoms with Gasteiger partial charge < -0.3 is 10.8 Å². The summed E-state index contributed by atoms with van der Waals surface area (Å²) < 4.78 is 0. The molecule has 0 aliphatic carbocycles. The molecule has 0 bridgehead atoms. The zero-order chi connectivity index (χ0) is 11.4. The number of phenols is 1. The fraction of sp³-hybridized carbons (Fsp3) is 0.286. The third-order valence-corrected chi connectivity index (χ3v) is 2.86. The second-order valence-electron chi connectivity index (χ2n) is 4.07. The second kappa shape index (κ2) is 4.99. The third-order valence-electron chi connectivity index (χ3n) is 2.86. The number of nitrogens with two attached hydrogens (primary N) is 1. The molecule has 0 atom stereocenters. The predicted molar refractivity (Wildman–Crippen MR) is 67.6 cm³/mol. The summed E-state index contributed by atoms with van der Waals surface area (Å²) in [6.45, 7) is 0.746. The molecule has 2 aromatic rings. The van der Waals surface area contributed by atoms with Gasteiger partial charge in [0.05, 0.1) is 0 Å². The van der Waals surface area contributed by atoms with Gasteiger partial charge in [-0.3, -0.25) is 0 Å². The Morgan fingerprint density at radius 3 is 2.75 bits per heavy atom. The van der Waals surface area contributed by atoms with Crippen LogP contribution in [-0.2, 0) is 6.42 Å². The van der Waals surface area contributed by atoms with Crippen LogP contribution in [0.25, 0.3) is 10.8 Å². The maximum atomic E-state index is 9.51. The van der Waals surface area contributed by atoms with Crippen molar-refractivity contribution in [3.8, 4) is 5.75 Å². The van der Waals surface area contributed by atoms with E-state index in [9.17, 15) is 5.11 Å². The molecule has 2 nitrogen and oxygen atoms in total. The molecule has 0 aromatic heterocycles. The molecule has 0 aliphatic rings. The van der Waals surface area contributed by atoms with Gasteiger partial charge >= 0.3 is 0 Å². The summed E-state index contributed by atoms with van der Waals surface area (Å²) in [5.41, 5.74) is 6.78. The minimum atomic E-state index is 0.332. The maximum absolute atomic E-state index is 9.51. The van der Waals surface area contributed by atoms with Crippen LogP contribution in [0, 0.1) is 0 Å². The van der Waals surface area contributed by atoms with Gasteiger partial charge in [0.15, 0.2) is 0 Å². The van der Waals surface area contributed by atoms with E-state index in [1.54, 1.807) is 6.07 Å². The Morgan fingerprint density at radius 2 is 1.94 bits per heavy atom. The standard InChI is InChI=1S/C14H17NO/c15-9-2-1-4-11-5-3-6-12-7-8-13(16)10-14(11)12/h3,5-8,10,16H,1-2,4,9,15H2. The monoisotopic (exact) mass is 215 g/mol. The SMILES string of the molecule is NCCCCc1cccc2ccc(O)cc12. The molecule has 0 amide bonds. The van der Waals surface area contributed by atoms with Crippen LogP contribution in [0.1, 0.15) is 18.4 Å². The molecular formula is C14H17NO. The number of rotatable bonds is 4. The predicted octanol–water partition coefficient (Wildman–Crippen LogP) is 2.83. The Kier molecular flexibility index (Phi) is 3.42. The lowest BCUT2D eigenvalue weighted by atomic mass is 10.00. The van der Waals surface area contributed by atoms with Crippen molar-refractivity contribution in [2.24, 2.45) is 5.73 Å². The lowest BCUT2D eigenvalue weighted by Gasteiger charge is -2.06. The average Bonchev–Trinajstić information content (AvgIpc) is 2.30. The highest BCUT2D eigenvalue weighted by Crippen LogP contribution is 2.24. The number of aromatic hydroxyl groups is 1. The Morgan fingerprint density at radius 1 is 1.06 bits per heavy atom. The van der Waals surface area contributed by atoms with Crippen molar-refractivity contribution in [1.29, 1.82) is 0 Å². The molecule has 0 saturated carbocycles. The maximum Gasteiger partial charge on any atom is 0.116 e. The summed E-state index contributed by atoms with van der Waals surface area (Å²) >= 11 is 0. The van der Waals surface area contributed by atoms with Crippen LogP contribution < -0.4 is 5.73 Å². The van der Waals surface area contributed by atoms with Crippen LogP contribution in [0.5, 0.6) is 5.75 Å². The fourth-order valence-electron chi connectivity index (χ4n) is 2.00. The molecule has 2 heteroatoms. The molecule has 0 fully saturated rings. The molecule has 0 unspecified atom stereocenters. The molecule has 2 rings (SSSR count). The Balaban J connectivity index is 2.32. The van der Waals surface area contributed by atoms with E-state index in [-0.39, 0.29) is 0 Å². The summed E-state index contributed by atoms with van der Waals surface area (Å²) in [5, 5.41) is 11.8. The van der Waals surface area contributed by atoms with Gasteiger partial charge in [0, 0.05) is 0 Å². The van der Waals surface area contributed by atoms with E-state index in [1.807, 2.05) is 12.1 Å². The first-order valence-corrected chi connectivity index (χ1v) is 5.72. The summed E-state index contributed by atoms with van der Waals surface area (Å²) in [4.78, 5) is 0. The second-order valence-corrected chi connectivity index (χ2v) is 4.07. The van der Waals surface area contributed by atoms with Gasteiger partial charge in [0.25, 0.3) is 0 Å². The van der Waals surface area contributed by atoms with Gasteiger partial charge in [-0.05, 0) is 54.3 Å². The minimum Gasteiger partial charge on any atom is -0.508 e. The molecule has 84 valence electrons.